The topological polar surface area (TPSA) is 101 Å². The third-order valence-electron chi connectivity index (χ3n) is 6.08. The number of likely N-dealkylation sites (tertiary alicyclic amines) is 1. The van der Waals surface area contributed by atoms with E-state index in [0.29, 0.717) is 44.6 Å². The molecule has 0 aromatic carbocycles. The van der Waals surface area contributed by atoms with Crippen molar-refractivity contribution in [3.8, 4) is 0 Å². The van der Waals surface area contributed by atoms with Gasteiger partial charge in [-0.3, -0.25) is 14.4 Å². The molecule has 1 fully saturated rings. The number of rotatable bonds is 4. The fraction of sp³-hybridized carbons (Fsp3) is 0.500. The minimum absolute atomic E-state index is 0.0100. The zero-order valence-corrected chi connectivity index (χ0v) is 16.7. The normalized spacial score (nSPS) is 18.0. The second-order valence-corrected chi connectivity index (χ2v) is 7.62. The smallest absolute Gasteiger partial charge is 0.296 e. The lowest BCUT2D eigenvalue weighted by Gasteiger charge is -2.50. The van der Waals surface area contributed by atoms with Gasteiger partial charge in [0.05, 0.1) is 23.3 Å². The first-order valence-electron chi connectivity index (χ1n) is 9.75. The zero-order valence-electron chi connectivity index (χ0n) is 16.7. The first-order chi connectivity index (χ1) is 14.0. The van der Waals surface area contributed by atoms with E-state index in [2.05, 4.69) is 9.97 Å². The summed E-state index contributed by atoms with van der Waals surface area (Å²) in [6.07, 6.45) is 5.18. The predicted molar refractivity (Wildman–Crippen MR) is 103 cm³/mol. The van der Waals surface area contributed by atoms with Crippen molar-refractivity contribution in [2.75, 3.05) is 33.4 Å². The number of carbonyl (C=O) groups excluding carboxylic acids is 3. The van der Waals surface area contributed by atoms with Crippen LogP contribution in [-0.4, -0.2) is 75.3 Å². The fourth-order valence-corrected chi connectivity index (χ4v) is 4.58. The Labute approximate surface area is 168 Å². The van der Waals surface area contributed by atoms with Gasteiger partial charge < -0.3 is 24.1 Å². The summed E-state index contributed by atoms with van der Waals surface area (Å²) in [7, 11) is 3.25. The van der Waals surface area contributed by atoms with Gasteiger partial charge in [0.1, 0.15) is 6.61 Å². The number of amides is 2. The molecule has 9 heteroatoms. The second-order valence-electron chi connectivity index (χ2n) is 7.62. The number of hydrogen-bond donors (Lipinski definition) is 1. The number of imidazole rings is 1. The monoisotopic (exact) mass is 399 g/mol. The summed E-state index contributed by atoms with van der Waals surface area (Å²) < 4.78 is 6.72. The molecular formula is C20H25N5O4. The number of aromatic amines is 1. The maximum atomic E-state index is 12.8. The third kappa shape index (κ3) is 3.15. The molecule has 0 bridgehead atoms. The SMILES string of the molecule is COCC(=O)N1CCc2[nH]cnc2C12CCN(C(=O)C(=O)c1cccn1C)CC2. The van der Waals surface area contributed by atoms with Crippen LogP contribution < -0.4 is 0 Å². The van der Waals surface area contributed by atoms with Gasteiger partial charge in [-0.25, -0.2) is 4.98 Å². The molecule has 2 amide bonds. The number of methoxy groups -OCH3 is 1. The number of piperidine rings is 1. The van der Waals surface area contributed by atoms with Crippen LogP contribution in [0.15, 0.2) is 24.7 Å². The van der Waals surface area contributed by atoms with Gasteiger partial charge in [0.2, 0.25) is 5.91 Å². The molecule has 1 spiro atoms. The van der Waals surface area contributed by atoms with Crippen molar-refractivity contribution in [1.82, 2.24) is 24.3 Å². The highest BCUT2D eigenvalue weighted by Crippen LogP contribution is 2.42. The van der Waals surface area contributed by atoms with E-state index < -0.39 is 17.2 Å². The third-order valence-corrected chi connectivity index (χ3v) is 6.08. The van der Waals surface area contributed by atoms with Gasteiger partial charge in [-0.2, -0.15) is 0 Å². The molecule has 29 heavy (non-hydrogen) atoms. The molecule has 0 unspecified atom stereocenters. The van der Waals surface area contributed by atoms with Gasteiger partial charge in [0.25, 0.3) is 11.7 Å². The average Bonchev–Trinajstić information content (AvgIpc) is 3.37. The molecule has 4 rings (SSSR count). The lowest BCUT2D eigenvalue weighted by atomic mass is 9.78. The highest BCUT2D eigenvalue weighted by molar-refractivity contribution is 6.42. The predicted octanol–water partition coefficient (Wildman–Crippen LogP) is 0.480. The van der Waals surface area contributed by atoms with Crippen molar-refractivity contribution < 1.29 is 19.1 Å². The lowest BCUT2D eigenvalue weighted by molar-refractivity contribution is -0.147. The van der Waals surface area contributed by atoms with Crippen molar-refractivity contribution >= 4 is 17.6 Å². The Kier molecular flexibility index (Phi) is 4.99. The van der Waals surface area contributed by atoms with Crippen LogP contribution in [0.3, 0.4) is 0 Å². The lowest BCUT2D eigenvalue weighted by Crippen LogP contribution is -2.60. The number of carbonyl (C=O) groups is 3. The van der Waals surface area contributed by atoms with E-state index in [1.54, 1.807) is 41.2 Å². The Morgan fingerprint density at radius 3 is 2.66 bits per heavy atom. The van der Waals surface area contributed by atoms with Gasteiger partial charge in [-0.05, 0) is 25.0 Å². The molecule has 2 aliphatic heterocycles. The van der Waals surface area contributed by atoms with Gasteiger partial charge in [-0.1, -0.05) is 0 Å². The minimum Gasteiger partial charge on any atom is -0.375 e. The van der Waals surface area contributed by atoms with E-state index in [9.17, 15) is 14.4 Å². The Balaban J connectivity index is 1.56. The summed E-state index contributed by atoms with van der Waals surface area (Å²) in [5, 5.41) is 0. The molecule has 9 nitrogen and oxygen atoms in total. The number of aryl methyl sites for hydroxylation is 1. The van der Waals surface area contributed by atoms with E-state index in [4.69, 9.17) is 4.74 Å². The van der Waals surface area contributed by atoms with E-state index >= 15 is 0 Å². The summed E-state index contributed by atoms with van der Waals surface area (Å²) in [5.41, 5.74) is 1.70. The molecular weight excluding hydrogens is 374 g/mol. The first kappa shape index (κ1) is 19.4. The first-order valence-corrected chi connectivity index (χ1v) is 9.75. The van der Waals surface area contributed by atoms with E-state index in [0.717, 1.165) is 11.4 Å². The number of ketones is 1. The maximum absolute atomic E-state index is 12.8. The summed E-state index contributed by atoms with van der Waals surface area (Å²) in [4.78, 5) is 49.2. The fourth-order valence-electron chi connectivity index (χ4n) is 4.58. The summed E-state index contributed by atoms with van der Waals surface area (Å²) in [5.74, 6) is -1.10. The number of H-pyrrole nitrogens is 1. The van der Waals surface area contributed by atoms with Crippen LogP contribution in [0.25, 0.3) is 0 Å². The Morgan fingerprint density at radius 1 is 1.24 bits per heavy atom. The number of aromatic nitrogens is 3. The molecule has 0 radical (unpaired) electrons. The number of ether oxygens (including phenoxy) is 1. The summed E-state index contributed by atoms with van der Waals surface area (Å²) in [6, 6.07) is 3.39. The van der Waals surface area contributed by atoms with Gasteiger partial charge >= 0.3 is 0 Å². The standard InChI is InChI=1S/C20H25N5O4/c1-23-8-3-4-15(23)17(27)19(28)24-10-6-20(7-11-24)18-14(21-13-22-18)5-9-25(20)16(26)12-29-2/h3-4,8,13H,5-7,9-12H2,1-2H3,(H,21,22). The van der Waals surface area contributed by atoms with Crippen LogP contribution in [-0.2, 0) is 33.3 Å². The van der Waals surface area contributed by atoms with E-state index in [1.807, 2.05) is 4.90 Å². The summed E-state index contributed by atoms with van der Waals surface area (Å²) in [6.45, 7) is 1.36. The van der Waals surface area contributed by atoms with Crippen molar-refractivity contribution in [3.05, 3.63) is 41.7 Å². The van der Waals surface area contributed by atoms with Crippen LogP contribution in [0.1, 0.15) is 34.7 Å². The van der Waals surface area contributed by atoms with Crippen molar-refractivity contribution in [1.29, 1.82) is 0 Å². The summed E-state index contributed by atoms with van der Waals surface area (Å²) >= 11 is 0. The molecule has 4 heterocycles. The van der Waals surface area contributed by atoms with Crippen LogP contribution in [0.5, 0.6) is 0 Å². The van der Waals surface area contributed by atoms with Crippen LogP contribution in [0, 0.1) is 0 Å². The molecule has 1 saturated heterocycles. The highest BCUT2D eigenvalue weighted by atomic mass is 16.5. The molecule has 0 saturated carbocycles. The van der Waals surface area contributed by atoms with E-state index in [1.165, 1.54) is 7.11 Å². The molecule has 2 aromatic rings. The van der Waals surface area contributed by atoms with Gasteiger partial charge in [-0.15, -0.1) is 0 Å². The van der Waals surface area contributed by atoms with Gasteiger partial charge in [0.15, 0.2) is 0 Å². The maximum Gasteiger partial charge on any atom is 0.296 e. The van der Waals surface area contributed by atoms with Crippen LogP contribution >= 0.6 is 0 Å². The highest BCUT2D eigenvalue weighted by Gasteiger charge is 2.49. The van der Waals surface area contributed by atoms with Crippen LogP contribution in [0.4, 0.5) is 0 Å². The largest absolute Gasteiger partial charge is 0.375 e. The van der Waals surface area contributed by atoms with Crippen molar-refractivity contribution in [2.45, 2.75) is 24.8 Å². The molecule has 0 atom stereocenters. The molecule has 154 valence electrons. The number of nitrogens with one attached hydrogen (secondary N) is 1. The Morgan fingerprint density at radius 2 is 2.00 bits per heavy atom. The molecule has 2 aliphatic rings. The quantitative estimate of drug-likeness (QED) is 0.595. The average molecular weight is 399 g/mol. The van der Waals surface area contributed by atoms with E-state index in [-0.39, 0.29) is 12.5 Å². The number of fused-ring (bicyclic) bond motifs is 2. The Hall–Kier alpha value is -2.94. The number of Topliss-reactive ketones (excluding diaryl/α,β-unsaturated/α-hetero) is 1. The molecule has 0 aliphatic carbocycles. The van der Waals surface area contributed by atoms with Crippen molar-refractivity contribution in [2.24, 2.45) is 7.05 Å². The minimum atomic E-state index is -0.575. The Bertz CT molecular complexity index is 938. The number of nitrogens with zero attached hydrogens (tertiary/aromatic N) is 4. The van der Waals surface area contributed by atoms with Crippen LogP contribution in [0.2, 0.25) is 0 Å². The molecule has 1 N–H and O–H groups in total. The van der Waals surface area contributed by atoms with Gasteiger partial charge in [0, 0.05) is 52.1 Å². The number of hydrogen-bond acceptors (Lipinski definition) is 5. The molecule has 2 aromatic heterocycles. The zero-order chi connectivity index (χ0) is 20.6. The second kappa shape index (κ2) is 7.47. The van der Waals surface area contributed by atoms with Crippen molar-refractivity contribution in [3.63, 3.8) is 0 Å².